The number of aliphatic hydroxyl groups is 1. The Morgan fingerprint density at radius 3 is 2.64 bits per heavy atom. The first-order valence-corrected chi connectivity index (χ1v) is 9.54. The van der Waals surface area contributed by atoms with Crippen LogP contribution in [0.5, 0.6) is 0 Å². The van der Waals surface area contributed by atoms with Crippen molar-refractivity contribution in [2.45, 2.75) is 33.0 Å². The molecule has 0 saturated carbocycles. The van der Waals surface area contributed by atoms with E-state index in [0.29, 0.717) is 13.1 Å². The Morgan fingerprint density at radius 2 is 1.96 bits per heavy atom. The molecule has 0 amide bonds. The molecule has 0 fully saturated rings. The van der Waals surface area contributed by atoms with Gasteiger partial charge in [-0.15, -0.1) is 11.3 Å². The molecule has 0 bridgehead atoms. The molecule has 25 heavy (non-hydrogen) atoms. The first-order valence-electron chi connectivity index (χ1n) is 8.66. The molecule has 5 heteroatoms. The molecule has 2 N–H and O–H groups in total. The normalized spacial score (nSPS) is 12.6. The Hall–Kier alpha value is -1.95. The topological polar surface area (TPSA) is 50.1 Å². The molecule has 0 saturated heterocycles. The van der Waals surface area contributed by atoms with Crippen LogP contribution in [0.15, 0.2) is 54.0 Å². The van der Waals surface area contributed by atoms with Crippen LogP contribution in [0.4, 0.5) is 0 Å². The average molecular weight is 356 g/mol. The maximum Gasteiger partial charge on any atom is 0.107 e. The predicted molar refractivity (Wildman–Crippen MR) is 104 cm³/mol. The molecular formula is C20H25N3OS. The molecule has 3 aromatic rings. The molecule has 2 heterocycles. The lowest BCUT2D eigenvalue weighted by Gasteiger charge is -2.14. The highest BCUT2D eigenvalue weighted by Gasteiger charge is 2.14. The van der Waals surface area contributed by atoms with Crippen molar-refractivity contribution in [1.82, 2.24) is 15.1 Å². The zero-order valence-electron chi connectivity index (χ0n) is 14.7. The lowest BCUT2D eigenvalue weighted by atomic mass is 10.1. The first kappa shape index (κ1) is 17.9. The Balaban J connectivity index is 1.75. The highest BCUT2D eigenvalue weighted by atomic mass is 32.1. The van der Waals surface area contributed by atoms with Crippen LogP contribution in [0.3, 0.4) is 0 Å². The maximum atomic E-state index is 9.98. The summed E-state index contributed by atoms with van der Waals surface area (Å²) in [7, 11) is 0. The summed E-state index contributed by atoms with van der Waals surface area (Å²) in [5.74, 6) is 0.255. The summed E-state index contributed by atoms with van der Waals surface area (Å²) in [6, 6.07) is 14.5. The summed E-state index contributed by atoms with van der Waals surface area (Å²) in [4.78, 5) is 1.17. The van der Waals surface area contributed by atoms with Crippen LogP contribution >= 0.6 is 11.3 Å². The lowest BCUT2D eigenvalue weighted by Crippen LogP contribution is -2.30. The Morgan fingerprint density at radius 1 is 1.16 bits per heavy atom. The molecule has 0 aliphatic rings. The van der Waals surface area contributed by atoms with E-state index in [2.05, 4.69) is 53.3 Å². The van der Waals surface area contributed by atoms with Crippen LogP contribution in [-0.2, 0) is 13.1 Å². The summed E-state index contributed by atoms with van der Waals surface area (Å²) in [5, 5.41) is 20.2. The van der Waals surface area contributed by atoms with Crippen molar-refractivity contribution in [3.63, 3.8) is 0 Å². The van der Waals surface area contributed by atoms with Crippen molar-refractivity contribution in [3.8, 4) is 10.6 Å². The zero-order chi connectivity index (χ0) is 17.6. The van der Waals surface area contributed by atoms with E-state index in [-0.39, 0.29) is 12.0 Å². The van der Waals surface area contributed by atoms with E-state index in [1.165, 1.54) is 10.4 Å². The van der Waals surface area contributed by atoms with Crippen molar-refractivity contribution >= 4 is 11.3 Å². The highest BCUT2D eigenvalue weighted by Crippen LogP contribution is 2.27. The summed E-state index contributed by atoms with van der Waals surface area (Å²) >= 11 is 1.70. The largest absolute Gasteiger partial charge is 0.392 e. The second-order valence-corrected chi connectivity index (χ2v) is 7.55. The molecule has 132 valence electrons. The molecule has 2 aromatic heterocycles. The van der Waals surface area contributed by atoms with Gasteiger partial charge >= 0.3 is 0 Å². The SMILES string of the molecule is CC(C)C(O)CNCc1cn(Cc2ccccc2)nc1-c1cccs1. The smallest absolute Gasteiger partial charge is 0.107 e. The fraction of sp³-hybridized carbons (Fsp3) is 0.350. The summed E-state index contributed by atoms with van der Waals surface area (Å²) in [6.45, 7) is 6.10. The first-order chi connectivity index (χ1) is 12.1. The Labute approximate surface area is 153 Å². The number of nitrogens with one attached hydrogen (secondary N) is 1. The van der Waals surface area contributed by atoms with Crippen LogP contribution in [-0.4, -0.2) is 27.5 Å². The number of aliphatic hydroxyl groups excluding tert-OH is 1. The molecule has 0 radical (unpaired) electrons. The van der Waals surface area contributed by atoms with Gasteiger partial charge in [0, 0.05) is 24.8 Å². The van der Waals surface area contributed by atoms with Crippen molar-refractivity contribution < 1.29 is 5.11 Å². The lowest BCUT2D eigenvalue weighted by molar-refractivity contribution is 0.123. The molecule has 0 aliphatic heterocycles. The van der Waals surface area contributed by atoms with Crippen LogP contribution < -0.4 is 5.32 Å². The molecule has 0 aliphatic carbocycles. The molecular weight excluding hydrogens is 330 g/mol. The van der Waals surface area contributed by atoms with E-state index in [1.54, 1.807) is 11.3 Å². The minimum absolute atomic E-state index is 0.255. The van der Waals surface area contributed by atoms with Gasteiger partial charge in [-0.05, 0) is 22.9 Å². The molecule has 3 rings (SSSR count). The number of hydrogen-bond donors (Lipinski definition) is 2. The third-order valence-corrected chi connectivity index (χ3v) is 5.09. The molecule has 1 unspecified atom stereocenters. The van der Waals surface area contributed by atoms with E-state index in [4.69, 9.17) is 5.10 Å². The highest BCUT2D eigenvalue weighted by molar-refractivity contribution is 7.13. The van der Waals surface area contributed by atoms with Gasteiger partial charge in [-0.3, -0.25) is 4.68 Å². The van der Waals surface area contributed by atoms with Gasteiger partial charge in [0.05, 0.1) is 17.5 Å². The number of nitrogens with zero attached hydrogens (tertiary/aromatic N) is 2. The van der Waals surface area contributed by atoms with Crippen LogP contribution in [0, 0.1) is 5.92 Å². The van der Waals surface area contributed by atoms with E-state index in [0.717, 1.165) is 17.8 Å². The Bertz CT molecular complexity index is 766. The van der Waals surface area contributed by atoms with E-state index >= 15 is 0 Å². The van der Waals surface area contributed by atoms with Crippen molar-refractivity contribution in [2.75, 3.05) is 6.54 Å². The van der Waals surface area contributed by atoms with Gasteiger partial charge in [-0.25, -0.2) is 0 Å². The van der Waals surface area contributed by atoms with Gasteiger partial charge in [0.2, 0.25) is 0 Å². The standard InChI is InChI=1S/C20H25N3OS/c1-15(2)18(24)12-21-11-17-14-23(13-16-7-4-3-5-8-16)22-20(17)19-9-6-10-25-19/h3-10,14-15,18,21,24H,11-13H2,1-2H3. The molecule has 4 nitrogen and oxygen atoms in total. The third kappa shape index (κ3) is 4.78. The monoisotopic (exact) mass is 355 g/mol. The van der Waals surface area contributed by atoms with E-state index < -0.39 is 0 Å². The number of thiophene rings is 1. The van der Waals surface area contributed by atoms with Crippen LogP contribution in [0.25, 0.3) is 10.6 Å². The van der Waals surface area contributed by atoms with Crippen molar-refractivity contribution in [1.29, 1.82) is 0 Å². The minimum Gasteiger partial charge on any atom is -0.392 e. The summed E-state index contributed by atoms with van der Waals surface area (Å²) < 4.78 is 2.00. The van der Waals surface area contributed by atoms with E-state index in [1.807, 2.05) is 24.6 Å². The molecule has 1 aromatic carbocycles. The summed E-state index contributed by atoms with van der Waals surface area (Å²) in [5.41, 5.74) is 3.42. The maximum absolute atomic E-state index is 9.98. The van der Waals surface area contributed by atoms with Gasteiger partial charge in [-0.1, -0.05) is 50.2 Å². The number of hydrogen-bond acceptors (Lipinski definition) is 4. The number of aromatic nitrogens is 2. The second kappa shape index (κ2) is 8.43. The summed E-state index contributed by atoms with van der Waals surface area (Å²) in [6.07, 6.45) is 1.78. The minimum atomic E-state index is -0.329. The zero-order valence-corrected chi connectivity index (χ0v) is 15.5. The van der Waals surface area contributed by atoms with Gasteiger partial charge < -0.3 is 10.4 Å². The van der Waals surface area contributed by atoms with Crippen LogP contribution in [0.2, 0.25) is 0 Å². The van der Waals surface area contributed by atoms with Crippen molar-refractivity contribution in [3.05, 3.63) is 65.2 Å². The van der Waals surface area contributed by atoms with Crippen molar-refractivity contribution in [2.24, 2.45) is 5.92 Å². The third-order valence-electron chi connectivity index (χ3n) is 4.22. The average Bonchev–Trinajstić information content (AvgIpc) is 3.25. The van der Waals surface area contributed by atoms with Crippen LogP contribution in [0.1, 0.15) is 25.0 Å². The van der Waals surface area contributed by atoms with Gasteiger partial charge in [0.15, 0.2) is 0 Å². The molecule has 0 spiro atoms. The number of benzene rings is 1. The Kier molecular flexibility index (Phi) is 6.02. The van der Waals surface area contributed by atoms with Gasteiger partial charge in [-0.2, -0.15) is 5.10 Å². The fourth-order valence-electron chi connectivity index (χ4n) is 2.65. The fourth-order valence-corrected chi connectivity index (χ4v) is 3.40. The van der Waals surface area contributed by atoms with Gasteiger partial charge in [0.25, 0.3) is 0 Å². The molecule has 1 atom stereocenters. The second-order valence-electron chi connectivity index (χ2n) is 6.61. The van der Waals surface area contributed by atoms with Gasteiger partial charge in [0.1, 0.15) is 5.69 Å². The van der Waals surface area contributed by atoms with E-state index in [9.17, 15) is 5.11 Å². The predicted octanol–water partition coefficient (Wildman–Crippen LogP) is 3.77. The quantitative estimate of drug-likeness (QED) is 0.647. The number of rotatable bonds is 8.